The van der Waals surface area contributed by atoms with Crippen molar-refractivity contribution in [3.63, 3.8) is 0 Å². The molecule has 7 nitrogen and oxygen atoms in total. The van der Waals surface area contributed by atoms with Crippen LogP contribution in [-0.4, -0.2) is 36.4 Å². The zero-order valence-corrected chi connectivity index (χ0v) is 11.9. The third-order valence-electron chi connectivity index (χ3n) is 2.72. The van der Waals surface area contributed by atoms with E-state index in [1.165, 1.54) is 0 Å². The van der Waals surface area contributed by atoms with E-state index in [0.29, 0.717) is 4.31 Å². The minimum atomic E-state index is -4.51. The van der Waals surface area contributed by atoms with Crippen LogP contribution >= 0.6 is 0 Å². The molecule has 0 aliphatic heterocycles. The fraction of sp³-hybridized carbons (Fsp3) is 0.364. The van der Waals surface area contributed by atoms with Crippen molar-refractivity contribution >= 4 is 16.2 Å². The van der Waals surface area contributed by atoms with Crippen LogP contribution in [0, 0.1) is 0 Å². The Balaban J connectivity index is 2.93. The average molecular weight is 341 g/mol. The van der Waals surface area contributed by atoms with Crippen molar-refractivity contribution in [2.24, 2.45) is 10.9 Å². The number of halogens is 3. The molecule has 1 unspecified atom stereocenters. The Hall–Kier alpha value is -1.69. The zero-order chi connectivity index (χ0) is 17.1. The first-order valence-corrected chi connectivity index (χ1v) is 7.34. The minimum absolute atomic E-state index is 0.208. The number of carbonyl (C=O) groups is 1. The van der Waals surface area contributed by atoms with Crippen LogP contribution in [0.15, 0.2) is 24.3 Å². The smallest absolute Gasteiger partial charge is 0.416 e. The van der Waals surface area contributed by atoms with Gasteiger partial charge in [0, 0.05) is 13.1 Å². The second kappa shape index (κ2) is 6.60. The van der Waals surface area contributed by atoms with Gasteiger partial charge in [-0.15, -0.1) is 0 Å². The number of rotatable bonds is 6. The number of nitrogens with two attached hydrogens (primary N) is 2. The number of carboxylic acid groups (broad SMARTS) is 1. The number of alkyl halides is 3. The van der Waals surface area contributed by atoms with Gasteiger partial charge >= 0.3 is 12.1 Å². The fourth-order valence-corrected chi connectivity index (χ4v) is 2.26. The Morgan fingerprint density at radius 2 is 1.77 bits per heavy atom. The second-order valence-electron chi connectivity index (χ2n) is 4.48. The van der Waals surface area contributed by atoms with E-state index < -0.39 is 47.0 Å². The molecule has 0 fully saturated rings. The van der Waals surface area contributed by atoms with Crippen molar-refractivity contribution in [1.82, 2.24) is 4.31 Å². The summed E-state index contributed by atoms with van der Waals surface area (Å²) >= 11 is 0. The van der Waals surface area contributed by atoms with Gasteiger partial charge in [0.1, 0.15) is 6.04 Å². The Morgan fingerprint density at radius 1 is 1.27 bits per heavy atom. The molecule has 0 aliphatic rings. The number of nitrogens with zero attached hydrogens (tertiary/aromatic N) is 1. The van der Waals surface area contributed by atoms with Crippen LogP contribution in [-0.2, 0) is 27.7 Å². The molecule has 0 heterocycles. The van der Waals surface area contributed by atoms with E-state index in [9.17, 15) is 26.4 Å². The Morgan fingerprint density at radius 3 is 2.14 bits per heavy atom. The van der Waals surface area contributed by atoms with Gasteiger partial charge in [-0.25, -0.2) is 5.14 Å². The minimum Gasteiger partial charge on any atom is -0.480 e. The Labute approximate surface area is 124 Å². The molecule has 1 atom stereocenters. The molecule has 1 rings (SSSR count). The van der Waals surface area contributed by atoms with Gasteiger partial charge in [-0.05, 0) is 17.7 Å². The number of carboxylic acids is 1. The van der Waals surface area contributed by atoms with Gasteiger partial charge in [0.05, 0.1) is 5.56 Å². The molecular weight excluding hydrogens is 327 g/mol. The maximum Gasteiger partial charge on any atom is 0.416 e. The molecule has 0 saturated carbocycles. The molecule has 5 N–H and O–H groups in total. The monoisotopic (exact) mass is 341 g/mol. The first-order chi connectivity index (χ1) is 9.91. The molecule has 0 amide bonds. The highest BCUT2D eigenvalue weighted by Crippen LogP contribution is 2.29. The molecule has 0 bridgehead atoms. The van der Waals surface area contributed by atoms with Crippen LogP contribution in [0.4, 0.5) is 13.2 Å². The van der Waals surface area contributed by atoms with E-state index >= 15 is 0 Å². The lowest BCUT2D eigenvalue weighted by atomic mass is 10.1. The summed E-state index contributed by atoms with van der Waals surface area (Å²) in [6.07, 6.45) is -4.51. The SMILES string of the molecule is NC(CN(Cc1ccc(C(F)(F)F)cc1)S(N)(=O)=O)C(=O)O. The van der Waals surface area contributed by atoms with E-state index in [4.69, 9.17) is 16.0 Å². The lowest BCUT2D eigenvalue weighted by Gasteiger charge is -2.21. The first kappa shape index (κ1) is 18.4. The molecule has 124 valence electrons. The Bertz CT molecular complexity index is 631. The van der Waals surface area contributed by atoms with E-state index in [2.05, 4.69) is 0 Å². The molecule has 0 radical (unpaired) electrons. The van der Waals surface area contributed by atoms with E-state index in [1.807, 2.05) is 0 Å². The third-order valence-corrected chi connectivity index (χ3v) is 3.72. The van der Waals surface area contributed by atoms with Crippen molar-refractivity contribution in [3.8, 4) is 0 Å². The predicted molar refractivity (Wildman–Crippen MR) is 70.6 cm³/mol. The van der Waals surface area contributed by atoms with Crippen LogP contribution in [0.3, 0.4) is 0 Å². The van der Waals surface area contributed by atoms with Gasteiger partial charge in [0.15, 0.2) is 0 Å². The summed E-state index contributed by atoms with van der Waals surface area (Å²) in [5, 5.41) is 13.6. The maximum atomic E-state index is 12.4. The summed E-state index contributed by atoms with van der Waals surface area (Å²) in [6, 6.07) is 2.22. The van der Waals surface area contributed by atoms with Crippen LogP contribution in [0.25, 0.3) is 0 Å². The van der Waals surface area contributed by atoms with Crippen molar-refractivity contribution in [3.05, 3.63) is 35.4 Å². The topological polar surface area (TPSA) is 127 Å². The summed E-state index contributed by atoms with van der Waals surface area (Å²) in [6.45, 7) is -0.993. The summed E-state index contributed by atoms with van der Waals surface area (Å²) in [5.74, 6) is -1.43. The van der Waals surface area contributed by atoms with Crippen molar-refractivity contribution in [2.45, 2.75) is 18.8 Å². The molecule has 22 heavy (non-hydrogen) atoms. The fourth-order valence-electron chi connectivity index (χ4n) is 1.56. The second-order valence-corrected chi connectivity index (χ2v) is 6.02. The highest BCUT2D eigenvalue weighted by atomic mass is 32.2. The highest BCUT2D eigenvalue weighted by Gasteiger charge is 2.30. The largest absolute Gasteiger partial charge is 0.480 e. The Kier molecular flexibility index (Phi) is 5.51. The van der Waals surface area contributed by atoms with Crippen molar-refractivity contribution in [2.75, 3.05) is 6.54 Å². The average Bonchev–Trinajstić information content (AvgIpc) is 2.36. The lowest BCUT2D eigenvalue weighted by Crippen LogP contribution is -2.47. The van der Waals surface area contributed by atoms with Crippen molar-refractivity contribution in [1.29, 1.82) is 0 Å². The maximum absolute atomic E-state index is 12.4. The molecule has 0 aliphatic carbocycles. The summed E-state index contributed by atoms with van der Waals surface area (Å²) in [5.41, 5.74) is 4.56. The third kappa shape index (κ3) is 5.26. The molecule has 1 aromatic rings. The zero-order valence-electron chi connectivity index (χ0n) is 11.1. The van der Waals surface area contributed by atoms with E-state index in [-0.39, 0.29) is 5.56 Å². The number of hydrogen-bond donors (Lipinski definition) is 3. The molecular formula is C11H14F3N3O4S. The highest BCUT2D eigenvalue weighted by molar-refractivity contribution is 7.86. The van der Waals surface area contributed by atoms with Gasteiger partial charge in [-0.1, -0.05) is 12.1 Å². The molecule has 11 heteroatoms. The van der Waals surface area contributed by atoms with Crippen LogP contribution in [0.1, 0.15) is 11.1 Å². The van der Waals surface area contributed by atoms with Crippen molar-refractivity contribution < 1.29 is 31.5 Å². The molecule has 1 aromatic carbocycles. The molecule has 0 spiro atoms. The van der Waals surface area contributed by atoms with Gasteiger partial charge in [0.2, 0.25) is 0 Å². The van der Waals surface area contributed by atoms with Crippen LogP contribution in [0.5, 0.6) is 0 Å². The molecule has 0 saturated heterocycles. The quantitative estimate of drug-likeness (QED) is 0.677. The van der Waals surface area contributed by atoms with Crippen LogP contribution in [0.2, 0.25) is 0 Å². The summed E-state index contributed by atoms with van der Waals surface area (Å²) in [4.78, 5) is 10.7. The van der Waals surface area contributed by atoms with Gasteiger partial charge in [0.25, 0.3) is 10.2 Å². The van der Waals surface area contributed by atoms with Gasteiger partial charge < -0.3 is 10.8 Å². The van der Waals surface area contributed by atoms with Crippen LogP contribution < -0.4 is 10.9 Å². The lowest BCUT2D eigenvalue weighted by molar-refractivity contribution is -0.139. The number of hydrogen-bond acceptors (Lipinski definition) is 4. The first-order valence-electron chi connectivity index (χ1n) is 5.83. The summed E-state index contributed by atoms with van der Waals surface area (Å²) < 4.78 is 60.6. The van der Waals surface area contributed by atoms with Gasteiger partial charge in [-0.3, -0.25) is 4.79 Å². The van der Waals surface area contributed by atoms with E-state index in [1.54, 1.807) is 0 Å². The number of benzene rings is 1. The molecule has 0 aromatic heterocycles. The standard InChI is InChI=1S/C11H14F3N3O4S/c12-11(13,14)8-3-1-7(2-4-8)5-17(22(16,20)21)6-9(15)10(18)19/h1-4,9H,5-6,15H2,(H,18,19)(H2,16,20,21). The summed E-state index contributed by atoms with van der Waals surface area (Å²) in [7, 11) is -4.26. The predicted octanol–water partition coefficient (Wildman–Crippen LogP) is 0.123. The normalized spacial score (nSPS) is 14.1. The number of aliphatic carboxylic acids is 1. The van der Waals surface area contributed by atoms with E-state index in [0.717, 1.165) is 24.3 Å². The van der Waals surface area contributed by atoms with Gasteiger partial charge in [-0.2, -0.15) is 25.9 Å².